The van der Waals surface area contributed by atoms with Crippen LogP contribution in [-0.2, 0) is 6.54 Å². The van der Waals surface area contributed by atoms with Gasteiger partial charge in [-0.25, -0.2) is 0 Å². The van der Waals surface area contributed by atoms with Gasteiger partial charge in [0.1, 0.15) is 5.76 Å². The van der Waals surface area contributed by atoms with E-state index in [0.717, 1.165) is 35.3 Å². The summed E-state index contributed by atoms with van der Waals surface area (Å²) in [4.78, 5) is 4.39. The highest BCUT2D eigenvalue weighted by atomic mass is 32.2. The van der Waals surface area contributed by atoms with Crippen molar-refractivity contribution < 1.29 is 4.52 Å². The Bertz CT molecular complexity index is 367. The maximum atomic E-state index is 5.09. The van der Waals surface area contributed by atoms with Crippen molar-refractivity contribution in [2.24, 2.45) is 4.99 Å². The number of aryl methyl sites for hydroxylation is 2. The number of nitrogens with one attached hydrogen (secondary N) is 1. The van der Waals surface area contributed by atoms with Crippen molar-refractivity contribution >= 4 is 16.9 Å². The average Bonchev–Trinajstić information content (AvgIpc) is 2.73. The quantitative estimate of drug-likeness (QED) is 0.835. The lowest BCUT2D eigenvalue weighted by atomic mass is 10.2. The van der Waals surface area contributed by atoms with E-state index in [1.54, 1.807) is 11.8 Å². The van der Waals surface area contributed by atoms with Gasteiger partial charge in [0.05, 0.1) is 12.2 Å². The Balaban J connectivity index is 1.94. The molecule has 0 fully saturated rings. The van der Waals surface area contributed by atoms with Gasteiger partial charge in [-0.1, -0.05) is 23.8 Å². The molecule has 0 aromatic carbocycles. The van der Waals surface area contributed by atoms with Crippen LogP contribution in [0.15, 0.2) is 9.52 Å². The minimum absolute atomic E-state index is 0.595. The van der Waals surface area contributed by atoms with E-state index in [9.17, 15) is 0 Å². The third-order valence-electron chi connectivity index (χ3n) is 2.40. The molecule has 1 aliphatic heterocycles. The van der Waals surface area contributed by atoms with Gasteiger partial charge >= 0.3 is 0 Å². The van der Waals surface area contributed by atoms with Crippen LogP contribution >= 0.6 is 11.8 Å². The van der Waals surface area contributed by atoms with Crippen molar-refractivity contribution in [1.29, 1.82) is 0 Å². The average molecular weight is 225 g/mol. The van der Waals surface area contributed by atoms with E-state index in [-0.39, 0.29) is 0 Å². The predicted octanol–water partition coefficient (Wildman–Crippen LogP) is 1.87. The summed E-state index contributed by atoms with van der Waals surface area (Å²) in [6, 6.07) is 0. The van der Waals surface area contributed by atoms with Crippen molar-refractivity contribution in [1.82, 2.24) is 10.5 Å². The van der Waals surface area contributed by atoms with Gasteiger partial charge in [-0.15, -0.1) is 0 Å². The molecule has 0 amide bonds. The number of thioether (sulfide) groups is 1. The first-order chi connectivity index (χ1) is 7.16. The molecule has 0 radical (unpaired) electrons. The molecule has 0 aliphatic carbocycles. The second kappa shape index (κ2) is 4.26. The molecule has 82 valence electrons. The first-order valence-corrected chi connectivity index (χ1v) is 5.91. The molecule has 1 aromatic heterocycles. The maximum absolute atomic E-state index is 5.09. The number of nitrogens with zero attached hydrogens (tertiary/aromatic N) is 2. The van der Waals surface area contributed by atoms with Crippen LogP contribution in [0, 0.1) is 13.8 Å². The maximum Gasteiger partial charge on any atom is 0.157 e. The first kappa shape index (κ1) is 10.5. The fourth-order valence-corrected chi connectivity index (χ4v) is 2.33. The molecule has 5 heteroatoms. The van der Waals surface area contributed by atoms with Gasteiger partial charge in [-0.2, -0.15) is 0 Å². The SMILES string of the molecule is Cc1noc(C)c1CNC1=NCC(C)S1. The number of hydrogen-bond donors (Lipinski definition) is 1. The zero-order chi connectivity index (χ0) is 10.8. The second-order valence-electron chi connectivity index (χ2n) is 3.73. The Morgan fingerprint density at radius 3 is 2.87 bits per heavy atom. The van der Waals surface area contributed by atoms with Crippen LogP contribution in [0.5, 0.6) is 0 Å². The largest absolute Gasteiger partial charge is 0.361 e. The third-order valence-corrected chi connectivity index (χ3v) is 3.45. The summed E-state index contributed by atoms with van der Waals surface area (Å²) in [5.74, 6) is 0.886. The fraction of sp³-hybridized carbons (Fsp3) is 0.600. The summed E-state index contributed by atoms with van der Waals surface area (Å²) in [5.41, 5.74) is 2.09. The zero-order valence-electron chi connectivity index (χ0n) is 9.20. The molecule has 0 bridgehead atoms. The summed E-state index contributed by atoms with van der Waals surface area (Å²) < 4.78 is 5.09. The van der Waals surface area contributed by atoms with E-state index in [0.29, 0.717) is 5.25 Å². The third kappa shape index (κ3) is 2.34. The summed E-state index contributed by atoms with van der Waals surface area (Å²) in [6.07, 6.45) is 0. The number of rotatable bonds is 2. The zero-order valence-corrected chi connectivity index (χ0v) is 10.0. The van der Waals surface area contributed by atoms with Gasteiger partial charge in [0.15, 0.2) is 5.17 Å². The minimum Gasteiger partial charge on any atom is -0.361 e. The van der Waals surface area contributed by atoms with Crippen LogP contribution < -0.4 is 5.32 Å². The summed E-state index contributed by atoms with van der Waals surface area (Å²) >= 11 is 1.79. The summed E-state index contributed by atoms with van der Waals surface area (Å²) in [5, 5.41) is 8.85. The van der Waals surface area contributed by atoms with Gasteiger partial charge in [-0.05, 0) is 13.8 Å². The van der Waals surface area contributed by atoms with Crippen molar-refractivity contribution in [3.8, 4) is 0 Å². The van der Waals surface area contributed by atoms with E-state index in [1.165, 1.54) is 0 Å². The van der Waals surface area contributed by atoms with Crippen molar-refractivity contribution in [3.63, 3.8) is 0 Å². The van der Waals surface area contributed by atoms with E-state index in [4.69, 9.17) is 4.52 Å². The molecule has 4 nitrogen and oxygen atoms in total. The number of amidine groups is 1. The molecule has 2 heterocycles. The lowest BCUT2D eigenvalue weighted by molar-refractivity contribution is 0.392. The summed E-state index contributed by atoms with van der Waals surface area (Å²) in [7, 11) is 0. The molecule has 1 unspecified atom stereocenters. The van der Waals surface area contributed by atoms with Crippen LogP contribution in [0.25, 0.3) is 0 Å². The van der Waals surface area contributed by atoms with Gasteiger partial charge < -0.3 is 9.84 Å². The van der Waals surface area contributed by atoms with Crippen LogP contribution in [0.4, 0.5) is 0 Å². The highest BCUT2D eigenvalue weighted by molar-refractivity contribution is 8.14. The van der Waals surface area contributed by atoms with E-state index in [2.05, 4.69) is 22.4 Å². The van der Waals surface area contributed by atoms with Crippen molar-refractivity contribution in [2.75, 3.05) is 6.54 Å². The van der Waals surface area contributed by atoms with E-state index >= 15 is 0 Å². The monoisotopic (exact) mass is 225 g/mol. The van der Waals surface area contributed by atoms with Crippen molar-refractivity contribution in [3.05, 3.63) is 17.0 Å². The Labute approximate surface area is 93.5 Å². The molecule has 0 saturated heterocycles. The molecule has 0 saturated carbocycles. The van der Waals surface area contributed by atoms with Crippen molar-refractivity contribution in [2.45, 2.75) is 32.6 Å². The smallest absolute Gasteiger partial charge is 0.157 e. The summed E-state index contributed by atoms with van der Waals surface area (Å²) in [6.45, 7) is 7.73. The Morgan fingerprint density at radius 1 is 1.53 bits per heavy atom. The molecule has 1 aliphatic rings. The minimum atomic E-state index is 0.595. The molecule has 1 aromatic rings. The van der Waals surface area contributed by atoms with Gasteiger partial charge in [0, 0.05) is 17.4 Å². The van der Waals surface area contributed by atoms with E-state index in [1.807, 2.05) is 13.8 Å². The molecule has 2 rings (SSSR count). The predicted molar refractivity (Wildman–Crippen MR) is 62.2 cm³/mol. The van der Waals surface area contributed by atoms with Gasteiger partial charge in [0.25, 0.3) is 0 Å². The number of aliphatic imine (C=N–C) groups is 1. The Hall–Kier alpha value is -0.970. The van der Waals surface area contributed by atoms with Crippen LogP contribution in [0.1, 0.15) is 23.9 Å². The topological polar surface area (TPSA) is 50.4 Å². The Morgan fingerprint density at radius 2 is 2.33 bits per heavy atom. The van der Waals surface area contributed by atoms with Crippen LogP contribution in [-0.4, -0.2) is 22.1 Å². The van der Waals surface area contributed by atoms with Crippen LogP contribution in [0.3, 0.4) is 0 Å². The number of aromatic nitrogens is 1. The molecule has 1 N–H and O–H groups in total. The molecule has 1 atom stereocenters. The molecule has 15 heavy (non-hydrogen) atoms. The first-order valence-electron chi connectivity index (χ1n) is 5.03. The van der Waals surface area contributed by atoms with E-state index < -0.39 is 0 Å². The second-order valence-corrected chi connectivity index (χ2v) is 5.16. The molecular weight excluding hydrogens is 210 g/mol. The molecular formula is C10H15N3OS. The fourth-order valence-electron chi connectivity index (χ4n) is 1.49. The number of hydrogen-bond acceptors (Lipinski definition) is 5. The highest BCUT2D eigenvalue weighted by Gasteiger charge is 2.16. The van der Waals surface area contributed by atoms with Gasteiger partial charge in [-0.3, -0.25) is 4.99 Å². The normalized spacial score (nSPS) is 20.5. The lowest BCUT2D eigenvalue weighted by Crippen LogP contribution is -2.19. The van der Waals surface area contributed by atoms with Crippen LogP contribution in [0.2, 0.25) is 0 Å². The lowest BCUT2D eigenvalue weighted by Gasteiger charge is -2.05. The highest BCUT2D eigenvalue weighted by Crippen LogP contribution is 2.19. The van der Waals surface area contributed by atoms with Gasteiger partial charge in [0.2, 0.25) is 0 Å². The molecule has 0 spiro atoms. The standard InChI is InChI=1S/C10H15N3OS/c1-6-4-11-10(15-6)12-5-9-7(2)13-14-8(9)3/h6H,4-5H2,1-3H3,(H,11,12). The Kier molecular flexibility index (Phi) is 3.00.